The molecule has 4 saturated carbocycles. The highest BCUT2D eigenvalue weighted by Crippen LogP contribution is 2.60. The van der Waals surface area contributed by atoms with Crippen molar-refractivity contribution in [2.75, 3.05) is 5.32 Å². The fraction of sp³-hybridized carbons (Fsp3) is 0.519. The lowest BCUT2D eigenvalue weighted by molar-refractivity contribution is -0.140. The van der Waals surface area contributed by atoms with Crippen LogP contribution in [0.25, 0.3) is 16.7 Å². The lowest BCUT2D eigenvalue weighted by Crippen LogP contribution is -2.51. The lowest BCUT2D eigenvalue weighted by atomic mass is 9.49. The molecule has 0 unspecified atom stereocenters. The molecule has 0 atom stereocenters. The number of anilines is 1. The van der Waals surface area contributed by atoms with Crippen molar-refractivity contribution in [1.82, 2.24) is 14.8 Å². The Morgan fingerprint density at radius 2 is 1.59 bits per heavy atom. The Labute approximate surface area is 189 Å². The van der Waals surface area contributed by atoms with Gasteiger partial charge in [-0.25, -0.2) is 4.98 Å². The molecule has 2 heterocycles. The van der Waals surface area contributed by atoms with Gasteiger partial charge in [0.2, 0.25) is 5.91 Å². The van der Waals surface area contributed by atoms with E-state index in [9.17, 15) is 4.79 Å². The summed E-state index contributed by atoms with van der Waals surface area (Å²) in [6.45, 7) is 8.32. The van der Waals surface area contributed by atoms with E-state index in [1.807, 2.05) is 17.7 Å². The van der Waals surface area contributed by atoms with E-state index in [0.717, 1.165) is 65.4 Å². The predicted molar refractivity (Wildman–Crippen MR) is 127 cm³/mol. The van der Waals surface area contributed by atoms with Crippen molar-refractivity contribution in [3.63, 3.8) is 0 Å². The third-order valence-corrected chi connectivity index (χ3v) is 8.25. The molecule has 0 aliphatic heterocycles. The van der Waals surface area contributed by atoms with E-state index in [0.29, 0.717) is 0 Å². The summed E-state index contributed by atoms with van der Waals surface area (Å²) in [5, 5.41) is 9.19. The fourth-order valence-corrected chi connectivity index (χ4v) is 7.34. The average Bonchev–Trinajstić information content (AvgIpc) is 3.07. The van der Waals surface area contributed by atoms with Crippen LogP contribution < -0.4 is 5.32 Å². The minimum Gasteiger partial charge on any atom is -0.310 e. The van der Waals surface area contributed by atoms with Crippen LogP contribution >= 0.6 is 0 Å². The molecule has 3 aromatic rings. The van der Waals surface area contributed by atoms with Gasteiger partial charge >= 0.3 is 0 Å². The maximum atomic E-state index is 13.7. The number of nitrogens with one attached hydrogen (secondary N) is 1. The molecule has 1 N–H and O–H groups in total. The summed E-state index contributed by atoms with van der Waals surface area (Å²) in [4.78, 5) is 18.6. The van der Waals surface area contributed by atoms with Crippen LogP contribution in [0.1, 0.15) is 60.9 Å². The molecule has 32 heavy (non-hydrogen) atoms. The number of fused-ring (bicyclic) bond motifs is 1. The SMILES string of the molecule is Cc1cc(C)c2nc(-n3nc(C)cc3NC(=O)C34CC5CC(CC(C5)C3)C4)cc(C)c2c1. The zero-order chi connectivity index (χ0) is 22.2. The molecule has 7 rings (SSSR count). The molecule has 2 aromatic heterocycles. The van der Waals surface area contributed by atoms with Crippen LogP contribution in [-0.2, 0) is 4.79 Å². The topological polar surface area (TPSA) is 59.8 Å². The summed E-state index contributed by atoms with van der Waals surface area (Å²) >= 11 is 0. The van der Waals surface area contributed by atoms with E-state index >= 15 is 0 Å². The minimum atomic E-state index is -0.182. The van der Waals surface area contributed by atoms with Gasteiger partial charge in [0.05, 0.1) is 16.6 Å². The molecule has 4 bridgehead atoms. The molecule has 5 heteroatoms. The van der Waals surface area contributed by atoms with E-state index in [2.05, 4.69) is 44.3 Å². The Balaban J connectivity index is 1.37. The number of benzene rings is 1. The summed E-state index contributed by atoms with van der Waals surface area (Å²) in [6, 6.07) is 8.41. The van der Waals surface area contributed by atoms with Crippen LogP contribution in [0.3, 0.4) is 0 Å². The smallest absolute Gasteiger partial charge is 0.231 e. The summed E-state index contributed by atoms with van der Waals surface area (Å²) in [5.41, 5.74) is 5.27. The first-order valence-corrected chi connectivity index (χ1v) is 12.1. The van der Waals surface area contributed by atoms with E-state index < -0.39 is 0 Å². The first-order valence-electron chi connectivity index (χ1n) is 12.1. The molecule has 4 aliphatic carbocycles. The second-order valence-corrected chi connectivity index (χ2v) is 11.0. The quantitative estimate of drug-likeness (QED) is 0.573. The number of amides is 1. The van der Waals surface area contributed by atoms with Gasteiger partial charge in [0.25, 0.3) is 0 Å². The number of carbonyl (C=O) groups is 1. The number of aryl methyl sites for hydroxylation is 4. The molecule has 166 valence electrons. The highest BCUT2D eigenvalue weighted by molar-refractivity contribution is 5.95. The fourth-order valence-electron chi connectivity index (χ4n) is 7.34. The number of hydrogen-bond acceptors (Lipinski definition) is 3. The van der Waals surface area contributed by atoms with Crippen molar-refractivity contribution in [2.45, 2.75) is 66.2 Å². The maximum Gasteiger partial charge on any atom is 0.231 e. The molecule has 0 spiro atoms. The van der Waals surface area contributed by atoms with Crippen molar-refractivity contribution in [2.24, 2.45) is 23.2 Å². The van der Waals surface area contributed by atoms with Crippen LogP contribution in [0.2, 0.25) is 0 Å². The van der Waals surface area contributed by atoms with Gasteiger partial charge in [-0.2, -0.15) is 9.78 Å². The van der Waals surface area contributed by atoms with Crippen molar-refractivity contribution in [3.8, 4) is 5.82 Å². The molecule has 0 radical (unpaired) electrons. The summed E-state index contributed by atoms with van der Waals surface area (Å²) in [6.07, 6.45) is 7.19. The first kappa shape index (κ1) is 20.0. The number of nitrogens with zero attached hydrogens (tertiary/aromatic N) is 3. The van der Waals surface area contributed by atoms with Gasteiger partial charge in [0.1, 0.15) is 5.82 Å². The van der Waals surface area contributed by atoms with E-state index in [4.69, 9.17) is 10.1 Å². The zero-order valence-electron chi connectivity index (χ0n) is 19.5. The summed E-state index contributed by atoms with van der Waals surface area (Å²) < 4.78 is 1.82. The highest BCUT2D eigenvalue weighted by atomic mass is 16.2. The van der Waals surface area contributed by atoms with Gasteiger partial charge in [0.15, 0.2) is 5.82 Å². The minimum absolute atomic E-state index is 0.182. The van der Waals surface area contributed by atoms with Crippen LogP contribution in [-0.4, -0.2) is 20.7 Å². The number of aromatic nitrogens is 3. The van der Waals surface area contributed by atoms with Gasteiger partial charge in [0, 0.05) is 11.5 Å². The largest absolute Gasteiger partial charge is 0.310 e. The maximum absolute atomic E-state index is 13.7. The summed E-state index contributed by atoms with van der Waals surface area (Å²) in [5.74, 6) is 3.93. The lowest BCUT2D eigenvalue weighted by Gasteiger charge is -2.55. The average molecular weight is 429 g/mol. The molecule has 0 saturated heterocycles. The van der Waals surface area contributed by atoms with Gasteiger partial charge in [-0.05, 0) is 107 Å². The van der Waals surface area contributed by atoms with Crippen molar-refractivity contribution >= 4 is 22.6 Å². The summed E-state index contributed by atoms with van der Waals surface area (Å²) in [7, 11) is 0. The monoisotopic (exact) mass is 428 g/mol. The van der Waals surface area contributed by atoms with Gasteiger partial charge in [-0.15, -0.1) is 0 Å². The third-order valence-electron chi connectivity index (χ3n) is 8.25. The molecular formula is C27H32N4O. The van der Waals surface area contributed by atoms with Crippen LogP contribution in [0.15, 0.2) is 24.3 Å². The number of pyridine rings is 1. The second kappa shape index (κ2) is 6.90. The van der Waals surface area contributed by atoms with Gasteiger partial charge < -0.3 is 5.32 Å². The number of rotatable bonds is 3. The molecule has 4 fully saturated rings. The Kier molecular flexibility index (Phi) is 4.30. The standard InChI is InChI=1S/C27H32N4O/c1-15-5-17(3)25-22(6-15)16(2)7-23(28-25)31-24(8-18(4)30-31)29-26(32)27-12-19-9-20(13-27)11-21(10-19)14-27/h5-8,19-21H,9-14H2,1-4H3,(H,29,32). The number of hydrogen-bond donors (Lipinski definition) is 1. The van der Waals surface area contributed by atoms with E-state index in [-0.39, 0.29) is 11.3 Å². The predicted octanol–water partition coefficient (Wildman–Crippen LogP) is 5.81. The van der Waals surface area contributed by atoms with Crippen LogP contribution in [0, 0.1) is 50.9 Å². The van der Waals surface area contributed by atoms with E-state index in [1.165, 1.54) is 35.8 Å². The number of carbonyl (C=O) groups excluding carboxylic acids is 1. The molecule has 1 amide bonds. The first-order chi connectivity index (χ1) is 15.3. The van der Waals surface area contributed by atoms with Gasteiger partial charge in [-0.1, -0.05) is 11.6 Å². The van der Waals surface area contributed by atoms with Crippen molar-refractivity contribution in [3.05, 3.63) is 46.6 Å². The zero-order valence-corrected chi connectivity index (χ0v) is 19.5. The van der Waals surface area contributed by atoms with E-state index in [1.54, 1.807) is 0 Å². The Bertz CT molecular complexity index is 1220. The molecule has 5 nitrogen and oxygen atoms in total. The second-order valence-electron chi connectivity index (χ2n) is 11.0. The Hall–Kier alpha value is -2.69. The van der Waals surface area contributed by atoms with Crippen LogP contribution in [0.5, 0.6) is 0 Å². The molecular weight excluding hydrogens is 396 g/mol. The van der Waals surface area contributed by atoms with Gasteiger partial charge in [-0.3, -0.25) is 4.79 Å². The molecule has 1 aromatic carbocycles. The van der Waals surface area contributed by atoms with Crippen LogP contribution in [0.4, 0.5) is 5.82 Å². The third kappa shape index (κ3) is 3.08. The Morgan fingerprint density at radius 1 is 0.938 bits per heavy atom. The highest BCUT2D eigenvalue weighted by Gasteiger charge is 2.54. The normalized spacial score (nSPS) is 28.4. The van der Waals surface area contributed by atoms with Crippen molar-refractivity contribution in [1.29, 1.82) is 0 Å². The molecule has 4 aliphatic rings. The Morgan fingerprint density at radius 3 is 2.25 bits per heavy atom. The van der Waals surface area contributed by atoms with Crippen molar-refractivity contribution < 1.29 is 4.79 Å².